The molecule has 0 spiro atoms. The van der Waals surface area contributed by atoms with Gasteiger partial charge in [0.2, 0.25) is 5.91 Å². The fourth-order valence-corrected chi connectivity index (χ4v) is 12.5. The Bertz CT molecular complexity index is 1980. The minimum atomic E-state index is -1.80. The van der Waals surface area contributed by atoms with E-state index in [1.165, 1.54) is 212 Å². The first-order chi connectivity index (χ1) is 47.1. The minimum absolute atomic E-state index is 0.252. The highest BCUT2D eigenvalue weighted by Gasteiger charge is 2.51. The van der Waals surface area contributed by atoms with Gasteiger partial charge in [0, 0.05) is 6.42 Å². The summed E-state index contributed by atoms with van der Waals surface area (Å²) in [5, 5.41) is 87.6. The van der Waals surface area contributed by atoms with Crippen molar-refractivity contribution < 1.29 is 64.6 Å². The highest BCUT2D eigenvalue weighted by atomic mass is 16.7. The van der Waals surface area contributed by atoms with Crippen molar-refractivity contribution in [3.63, 3.8) is 0 Å². The van der Waals surface area contributed by atoms with E-state index < -0.39 is 86.8 Å². The normalized spacial score (nSPS) is 22.8. The number of carbonyl (C=O) groups excluding carboxylic acids is 1. The van der Waals surface area contributed by atoms with Gasteiger partial charge in [0.15, 0.2) is 12.6 Å². The maximum Gasteiger partial charge on any atom is 0.220 e. The van der Waals surface area contributed by atoms with E-state index >= 15 is 0 Å². The number of allylic oxidation sites excluding steroid dienone is 15. The second-order valence-corrected chi connectivity index (χ2v) is 27.4. The van der Waals surface area contributed by atoms with Gasteiger partial charge in [0.05, 0.1) is 32.0 Å². The molecule has 96 heavy (non-hydrogen) atoms. The molecule has 2 aliphatic heterocycles. The number of nitrogens with one attached hydrogen (secondary N) is 1. The SMILES string of the molecule is CC/C=C\C/C=C\C/C=C\C/C=C\C/C=C\CCCCCCCCCCCCCCCCCCCC(=O)NC(COC1OC(CO)C(OC2OC(CO)C(O)C(O)C2O)C(O)C1O)C(O)/C=C/CC/C=C/CC/C=C/CCCCCCCCCCCCCCCCCCCCC. The molecule has 556 valence electrons. The lowest BCUT2D eigenvalue weighted by Crippen LogP contribution is -2.65. The first-order valence-electron chi connectivity index (χ1n) is 39.5. The molecule has 12 unspecified atom stereocenters. The molecule has 0 radical (unpaired) electrons. The van der Waals surface area contributed by atoms with E-state index in [-0.39, 0.29) is 18.9 Å². The molecule has 0 aromatic rings. The Morgan fingerprint density at radius 3 is 1.15 bits per heavy atom. The third kappa shape index (κ3) is 47.9. The Labute approximate surface area is 585 Å². The zero-order valence-electron chi connectivity index (χ0n) is 60.8. The van der Waals surface area contributed by atoms with Crippen LogP contribution in [0.25, 0.3) is 0 Å². The smallest absolute Gasteiger partial charge is 0.220 e. The molecule has 0 aliphatic carbocycles. The molecule has 0 aromatic heterocycles. The molecule has 1 amide bonds. The van der Waals surface area contributed by atoms with Crippen LogP contribution in [0.1, 0.15) is 322 Å². The molecule has 14 heteroatoms. The maximum atomic E-state index is 13.4. The van der Waals surface area contributed by atoms with Crippen LogP contribution in [0.15, 0.2) is 97.2 Å². The largest absolute Gasteiger partial charge is 0.394 e. The second kappa shape index (κ2) is 65.2. The van der Waals surface area contributed by atoms with Gasteiger partial charge in [0.25, 0.3) is 0 Å². The van der Waals surface area contributed by atoms with Crippen molar-refractivity contribution >= 4 is 5.91 Å². The van der Waals surface area contributed by atoms with E-state index in [1.54, 1.807) is 6.08 Å². The van der Waals surface area contributed by atoms with Crippen LogP contribution in [0.2, 0.25) is 0 Å². The fraction of sp³-hybridized carbons (Fsp3) is 0.793. The van der Waals surface area contributed by atoms with E-state index in [1.807, 2.05) is 6.08 Å². The molecule has 0 bridgehead atoms. The number of carbonyl (C=O) groups is 1. The Balaban J connectivity index is 1.65. The molecular weight excluding hydrogens is 1210 g/mol. The third-order valence-electron chi connectivity index (χ3n) is 18.7. The average molecular weight is 1350 g/mol. The number of aliphatic hydroxyl groups excluding tert-OH is 8. The summed E-state index contributed by atoms with van der Waals surface area (Å²) in [6.07, 6.45) is 76.3. The molecule has 2 heterocycles. The van der Waals surface area contributed by atoms with Crippen LogP contribution in [-0.2, 0) is 23.7 Å². The van der Waals surface area contributed by atoms with E-state index in [2.05, 4.69) is 104 Å². The lowest BCUT2D eigenvalue weighted by Gasteiger charge is -2.46. The molecule has 2 saturated heterocycles. The van der Waals surface area contributed by atoms with Crippen molar-refractivity contribution in [2.45, 2.75) is 396 Å². The molecule has 12 atom stereocenters. The average Bonchev–Trinajstić information content (AvgIpc) is 0.812. The van der Waals surface area contributed by atoms with Crippen LogP contribution >= 0.6 is 0 Å². The van der Waals surface area contributed by atoms with Crippen molar-refractivity contribution in [1.82, 2.24) is 5.32 Å². The Kier molecular flexibility index (Phi) is 60.5. The summed E-state index contributed by atoms with van der Waals surface area (Å²) < 4.78 is 22.9. The number of ether oxygens (including phenoxy) is 4. The molecule has 2 fully saturated rings. The molecule has 9 N–H and O–H groups in total. The van der Waals surface area contributed by atoms with Crippen LogP contribution in [0.4, 0.5) is 0 Å². The summed E-state index contributed by atoms with van der Waals surface area (Å²) in [4.78, 5) is 13.4. The number of amides is 1. The predicted molar refractivity (Wildman–Crippen MR) is 396 cm³/mol. The van der Waals surface area contributed by atoms with Gasteiger partial charge in [-0.2, -0.15) is 0 Å². The summed E-state index contributed by atoms with van der Waals surface area (Å²) in [7, 11) is 0. The molecular formula is C82H145NO13. The van der Waals surface area contributed by atoms with Crippen LogP contribution in [0, 0.1) is 0 Å². The van der Waals surface area contributed by atoms with Gasteiger partial charge in [-0.1, -0.05) is 323 Å². The van der Waals surface area contributed by atoms with Crippen LogP contribution in [0.3, 0.4) is 0 Å². The molecule has 14 nitrogen and oxygen atoms in total. The summed E-state index contributed by atoms with van der Waals surface area (Å²) in [6, 6.07) is -0.944. The van der Waals surface area contributed by atoms with Crippen molar-refractivity contribution in [3.05, 3.63) is 97.2 Å². The van der Waals surface area contributed by atoms with E-state index in [9.17, 15) is 45.6 Å². The van der Waals surface area contributed by atoms with Gasteiger partial charge < -0.3 is 65.1 Å². The van der Waals surface area contributed by atoms with E-state index in [4.69, 9.17) is 18.9 Å². The topological polar surface area (TPSA) is 228 Å². The van der Waals surface area contributed by atoms with Crippen molar-refractivity contribution in [2.75, 3.05) is 19.8 Å². The van der Waals surface area contributed by atoms with Crippen molar-refractivity contribution in [1.29, 1.82) is 0 Å². The summed E-state index contributed by atoms with van der Waals surface area (Å²) in [5.74, 6) is -0.252. The van der Waals surface area contributed by atoms with Gasteiger partial charge in [-0.15, -0.1) is 0 Å². The van der Waals surface area contributed by atoms with Crippen molar-refractivity contribution in [3.8, 4) is 0 Å². The van der Waals surface area contributed by atoms with Gasteiger partial charge >= 0.3 is 0 Å². The van der Waals surface area contributed by atoms with Gasteiger partial charge in [-0.3, -0.25) is 4.79 Å². The summed E-state index contributed by atoms with van der Waals surface area (Å²) in [6.45, 7) is 2.70. The second-order valence-electron chi connectivity index (χ2n) is 27.4. The lowest BCUT2D eigenvalue weighted by molar-refractivity contribution is -0.359. The highest BCUT2D eigenvalue weighted by Crippen LogP contribution is 2.30. The highest BCUT2D eigenvalue weighted by molar-refractivity contribution is 5.76. The number of hydrogen-bond donors (Lipinski definition) is 9. The quantitative estimate of drug-likeness (QED) is 0.0204. The Morgan fingerprint density at radius 2 is 0.729 bits per heavy atom. The first-order valence-corrected chi connectivity index (χ1v) is 39.5. The number of aliphatic hydroxyl groups is 8. The van der Waals surface area contributed by atoms with Gasteiger partial charge in [0.1, 0.15) is 48.8 Å². The fourth-order valence-electron chi connectivity index (χ4n) is 12.5. The van der Waals surface area contributed by atoms with Crippen LogP contribution in [0.5, 0.6) is 0 Å². The lowest BCUT2D eigenvalue weighted by atomic mass is 9.97. The standard InChI is InChI=1S/C82H145NO13/c1-3-5-7-9-11-13-15-17-19-21-23-25-27-29-31-33-34-35-36-38-40-42-44-46-48-50-52-54-56-58-60-62-64-66-74(87)83-70(69-93-81-79(92)77(90)80(73(68-85)95-81)96-82-78(91)76(89)75(88)72(67-84)94-82)71(86)65-63-61-59-57-55-53-51-49-47-45-43-41-39-37-32-30-28-26-24-22-20-18-16-14-12-10-8-6-4-2/h5,7,11,13,17,19,23,25,29,31,47,49,55,57,63,65,70-73,75-82,84-86,88-92H,3-4,6,8-10,12,14-16,18,20-22,24,26-28,30,32-46,48,50-54,56,58-62,64,66-69H2,1-2H3,(H,83,87)/b7-5-,13-11-,19-17-,25-23-,31-29-,49-47+,57-55+,65-63+. The minimum Gasteiger partial charge on any atom is -0.394 e. The van der Waals surface area contributed by atoms with E-state index in [0.717, 1.165) is 77.0 Å². The third-order valence-corrected chi connectivity index (χ3v) is 18.7. The number of unbranched alkanes of at least 4 members (excludes halogenated alkanes) is 38. The molecule has 0 aromatic carbocycles. The number of rotatable bonds is 65. The van der Waals surface area contributed by atoms with E-state index in [0.29, 0.717) is 12.8 Å². The Morgan fingerprint density at radius 1 is 0.385 bits per heavy atom. The zero-order valence-corrected chi connectivity index (χ0v) is 60.8. The predicted octanol–water partition coefficient (Wildman–Crippen LogP) is 17.7. The number of hydrogen-bond acceptors (Lipinski definition) is 13. The summed E-state index contributed by atoms with van der Waals surface area (Å²) in [5.41, 5.74) is 0. The molecule has 2 aliphatic rings. The monoisotopic (exact) mass is 1350 g/mol. The zero-order chi connectivity index (χ0) is 69.4. The van der Waals surface area contributed by atoms with Gasteiger partial charge in [-0.25, -0.2) is 0 Å². The first kappa shape index (κ1) is 89.0. The van der Waals surface area contributed by atoms with Gasteiger partial charge in [-0.05, 0) is 89.9 Å². The van der Waals surface area contributed by atoms with Crippen molar-refractivity contribution in [2.24, 2.45) is 0 Å². The molecule has 2 rings (SSSR count). The molecule has 0 saturated carbocycles. The maximum absolute atomic E-state index is 13.4. The van der Waals surface area contributed by atoms with Crippen LogP contribution < -0.4 is 5.32 Å². The summed E-state index contributed by atoms with van der Waals surface area (Å²) >= 11 is 0. The Hall–Kier alpha value is -3.09. The van der Waals surface area contributed by atoms with Crippen LogP contribution in [-0.4, -0.2) is 140 Å².